The Kier molecular flexibility index (Phi) is 6.92. The quantitative estimate of drug-likeness (QED) is 0.571. The third-order valence-electron chi connectivity index (χ3n) is 1.63. The molecule has 0 aliphatic carbocycles. The van der Waals surface area contributed by atoms with Crippen molar-refractivity contribution in [2.24, 2.45) is 5.73 Å². The summed E-state index contributed by atoms with van der Waals surface area (Å²) in [7, 11) is 1.64. The van der Waals surface area contributed by atoms with E-state index in [4.69, 9.17) is 10.5 Å². The molecular formula is C9H13N2NaOS. The fourth-order valence-electron chi connectivity index (χ4n) is 0.933. The summed E-state index contributed by atoms with van der Waals surface area (Å²) in [5.74, 6) is 0.846. The molecule has 14 heavy (non-hydrogen) atoms. The van der Waals surface area contributed by atoms with E-state index in [2.05, 4.69) is 17.5 Å². The van der Waals surface area contributed by atoms with Gasteiger partial charge < -0.3 is 15.8 Å². The van der Waals surface area contributed by atoms with Crippen molar-refractivity contribution in [2.45, 2.75) is 6.54 Å². The first-order valence-electron chi connectivity index (χ1n) is 3.88. The molecule has 0 bridgehead atoms. The van der Waals surface area contributed by atoms with E-state index < -0.39 is 0 Å². The summed E-state index contributed by atoms with van der Waals surface area (Å²) in [6, 6.07) is 7.72. The Balaban J connectivity index is 0.00000169. The molecule has 0 fully saturated rings. The number of methoxy groups -OCH3 is 1. The van der Waals surface area contributed by atoms with Crippen LogP contribution in [0, 0.1) is 0 Å². The Labute approximate surface area is 111 Å². The Morgan fingerprint density at radius 3 is 2.43 bits per heavy atom. The van der Waals surface area contributed by atoms with Crippen LogP contribution in [0.2, 0.25) is 0 Å². The maximum absolute atomic E-state index is 5.29. The van der Waals surface area contributed by atoms with E-state index in [1.165, 1.54) is 0 Å². The number of ether oxygens (including phenoxy) is 1. The minimum absolute atomic E-state index is 0. The topological polar surface area (TPSA) is 47.3 Å². The van der Waals surface area contributed by atoms with Crippen molar-refractivity contribution in [3.05, 3.63) is 29.8 Å². The summed E-state index contributed by atoms with van der Waals surface area (Å²) in [5, 5.41) is 3.18. The number of hydrogen-bond donors (Lipinski definition) is 2. The molecule has 1 aromatic carbocycles. The second-order valence-electron chi connectivity index (χ2n) is 2.57. The maximum atomic E-state index is 5.29. The van der Waals surface area contributed by atoms with Crippen molar-refractivity contribution in [1.29, 1.82) is 0 Å². The second-order valence-corrected chi connectivity index (χ2v) is 3.01. The Hall–Kier alpha value is -0.290. The summed E-state index contributed by atoms with van der Waals surface area (Å²) in [5.41, 5.74) is 6.41. The van der Waals surface area contributed by atoms with Crippen molar-refractivity contribution in [2.75, 3.05) is 7.11 Å². The zero-order chi connectivity index (χ0) is 9.68. The van der Waals surface area contributed by atoms with Crippen LogP contribution in [-0.2, 0) is 6.54 Å². The molecular weight excluding hydrogens is 207 g/mol. The third-order valence-corrected chi connectivity index (χ3v) is 1.77. The number of thiocarbonyl (C=S) groups is 1. The standard InChI is InChI=1S/C9H12N2OS.Na.H/c1-12-8-4-2-7(3-5-8)6-11-9(10)13;;/h2-5H,6H2,1H3,(H3,10,11,13);;. The molecule has 0 aromatic heterocycles. The average Bonchev–Trinajstić information content (AvgIpc) is 2.15. The van der Waals surface area contributed by atoms with Crippen LogP contribution in [0.5, 0.6) is 5.75 Å². The van der Waals surface area contributed by atoms with Crippen molar-refractivity contribution in [1.82, 2.24) is 5.32 Å². The van der Waals surface area contributed by atoms with Crippen LogP contribution >= 0.6 is 12.2 Å². The molecule has 3 nitrogen and oxygen atoms in total. The van der Waals surface area contributed by atoms with Gasteiger partial charge in [0.15, 0.2) is 5.11 Å². The van der Waals surface area contributed by atoms with Gasteiger partial charge in [-0.2, -0.15) is 0 Å². The number of nitrogens with two attached hydrogens (primary N) is 1. The Bertz CT molecular complexity index is 289. The first-order valence-corrected chi connectivity index (χ1v) is 4.29. The molecule has 1 aromatic rings. The molecule has 0 amide bonds. The molecule has 5 heteroatoms. The van der Waals surface area contributed by atoms with Crippen molar-refractivity contribution in [3.8, 4) is 5.75 Å². The van der Waals surface area contributed by atoms with Crippen molar-refractivity contribution in [3.63, 3.8) is 0 Å². The van der Waals surface area contributed by atoms with E-state index in [1.54, 1.807) is 7.11 Å². The van der Waals surface area contributed by atoms with Crippen molar-refractivity contribution >= 4 is 46.9 Å². The fraction of sp³-hybridized carbons (Fsp3) is 0.222. The summed E-state index contributed by atoms with van der Waals surface area (Å²) < 4.78 is 5.02. The van der Waals surface area contributed by atoms with Gasteiger partial charge in [-0.15, -0.1) is 0 Å². The van der Waals surface area contributed by atoms with Gasteiger partial charge in [0.25, 0.3) is 0 Å². The SMILES string of the molecule is COc1ccc(CNC(N)=S)cc1.[NaH]. The van der Waals surface area contributed by atoms with Crippen LogP contribution in [0.3, 0.4) is 0 Å². The van der Waals surface area contributed by atoms with Gasteiger partial charge >= 0.3 is 29.6 Å². The zero-order valence-electron chi connectivity index (χ0n) is 7.41. The Morgan fingerprint density at radius 1 is 1.43 bits per heavy atom. The first kappa shape index (κ1) is 13.7. The second kappa shape index (κ2) is 7.06. The van der Waals surface area contributed by atoms with Gasteiger partial charge in [0.05, 0.1) is 7.11 Å². The van der Waals surface area contributed by atoms with Crippen LogP contribution in [0.1, 0.15) is 5.56 Å². The van der Waals surface area contributed by atoms with Gasteiger partial charge in [0, 0.05) is 6.54 Å². The van der Waals surface area contributed by atoms with E-state index in [-0.39, 0.29) is 29.6 Å². The minimum atomic E-state index is 0. The summed E-state index contributed by atoms with van der Waals surface area (Å²) in [6.45, 7) is 0.652. The number of hydrogen-bond acceptors (Lipinski definition) is 2. The van der Waals surface area contributed by atoms with Gasteiger partial charge in [-0.3, -0.25) is 0 Å². The van der Waals surface area contributed by atoms with Crippen LogP contribution < -0.4 is 15.8 Å². The van der Waals surface area contributed by atoms with Gasteiger partial charge in [-0.05, 0) is 29.9 Å². The van der Waals surface area contributed by atoms with Gasteiger partial charge in [-0.1, -0.05) is 12.1 Å². The van der Waals surface area contributed by atoms with Crippen molar-refractivity contribution < 1.29 is 4.74 Å². The molecule has 1 rings (SSSR count). The molecule has 0 saturated heterocycles. The summed E-state index contributed by atoms with van der Waals surface area (Å²) >= 11 is 4.69. The zero-order valence-corrected chi connectivity index (χ0v) is 8.23. The first-order chi connectivity index (χ1) is 6.22. The molecule has 0 radical (unpaired) electrons. The molecule has 0 spiro atoms. The molecule has 0 heterocycles. The van der Waals surface area contributed by atoms with Crippen LogP contribution in [0.4, 0.5) is 0 Å². The van der Waals surface area contributed by atoms with Crippen LogP contribution in [0.15, 0.2) is 24.3 Å². The summed E-state index contributed by atoms with van der Waals surface area (Å²) in [6.07, 6.45) is 0. The summed E-state index contributed by atoms with van der Waals surface area (Å²) in [4.78, 5) is 0. The predicted molar refractivity (Wildman–Crippen MR) is 63.8 cm³/mol. The Morgan fingerprint density at radius 2 is 2.00 bits per heavy atom. The van der Waals surface area contributed by atoms with Gasteiger partial charge in [0.1, 0.15) is 5.75 Å². The number of rotatable bonds is 3. The van der Waals surface area contributed by atoms with Crippen LogP contribution in [0.25, 0.3) is 0 Å². The van der Waals surface area contributed by atoms with Gasteiger partial charge in [0.2, 0.25) is 0 Å². The fourth-order valence-corrected chi connectivity index (χ4v) is 1.00. The molecule has 0 saturated carbocycles. The predicted octanol–water partition coefficient (Wildman–Crippen LogP) is 0.380. The average molecular weight is 220 g/mol. The molecule has 0 aliphatic rings. The number of nitrogens with one attached hydrogen (secondary N) is 1. The molecule has 0 atom stereocenters. The van der Waals surface area contributed by atoms with Crippen LogP contribution in [-0.4, -0.2) is 41.8 Å². The molecule has 0 unspecified atom stereocenters. The van der Waals surface area contributed by atoms with E-state index in [1.807, 2.05) is 24.3 Å². The molecule has 3 N–H and O–H groups in total. The third kappa shape index (κ3) is 4.81. The van der Waals surface area contributed by atoms with E-state index in [0.29, 0.717) is 11.7 Å². The monoisotopic (exact) mass is 220 g/mol. The normalized spacial score (nSPS) is 8.64. The molecule has 0 aliphatic heterocycles. The van der Waals surface area contributed by atoms with E-state index >= 15 is 0 Å². The van der Waals surface area contributed by atoms with Gasteiger partial charge in [-0.25, -0.2) is 0 Å². The van der Waals surface area contributed by atoms with E-state index in [0.717, 1.165) is 11.3 Å². The number of benzene rings is 1. The van der Waals surface area contributed by atoms with E-state index in [9.17, 15) is 0 Å². The molecule has 72 valence electrons.